The van der Waals surface area contributed by atoms with Gasteiger partial charge in [-0.2, -0.15) is 22.3 Å². The van der Waals surface area contributed by atoms with E-state index in [-0.39, 0.29) is 16.9 Å². The summed E-state index contributed by atoms with van der Waals surface area (Å²) >= 11 is 6.19. The number of carboxylic acid groups (broad SMARTS) is 1. The van der Waals surface area contributed by atoms with E-state index < -0.39 is 22.2 Å². The number of halogens is 4. The predicted molar refractivity (Wildman–Crippen MR) is 136 cm³/mol. The Morgan fingerprint density at radius 2 is 1.84 bits per heavy atom. The quantitative estimate of drug-likeness (QED) is 0.456. The highest BCUT2D eigenvalue weighted by Gasteiger charge is 2.38. The number of aliphatic carboxylic acids is 1. The van der Waals surface area contributed by atoms with Gasteiger partial charge >= 0.3 is 12.1 Å². The molecule has 0 saturated carbocycles. The largest absolute Gasteiger partial charge is 0.490 e. The molecule has 2 N–H and O–H groups in total. The SMILES string of the molecule is CCN(CC)CC(C)Nc1ccc(Cl)cc1S(=O)(=O)N1CCC(c2nnn(C)n2)CC1.O=C(O)C(F)(F)F. The van der Waals surface area contributed by atoms with E-state index in [4.69, 9.17) is 21.5 Å². The van der Waals surface area contributed by atoms with Gasteiger partial charge in [0.25, 0.3) is 0 Å². The lowest BCUT2D eigenvalue weighted by atomic mass is 9.98. The Kier molecular flexibility index (Phi) is 11.3. The normalized spacial score (nSPS) is 16.1. The van der Waals surface area contributed by atoms with Gasteiger partial charge in [-0.3, -0.25) is 0 Å². The van der Waals surface area contributed by atoms with Crippen LogP contribution < -0.4 is 5.32 Å². The summed E-state index contributed by atoms with van der Waals surface area (Å²) in [6, 6.07) is 5.10. The van der Waals surface area contributed by atoms with E-state index >= 15 is 0 Å². The molecule has 0 amide bonds. The summed E-state index contributed by atoms with van der Waals surface area (Å²) < 4.78 is 60.3. The zero-order valence-electron chi connectivity index (χ0n) is 21.6. The first-order valence-electron chi connectivity index (χ1n) is 12.0. The van der Waals surface area contributed by atoms with Crippen molar-refractivity contribution in [1.82, 2.24) is 29.4 Å². The molecular formula is C22H33ClF3N7O4S. The number of hydrogen-bond donors (Lipinski definition) is 2. The molecule has 1 aromatic heterocycles. The molecule has 0 spiro atoms. The maximum atomic E-state index is 13.5. The van der Waals surface area contributed by atoms with Gasteiger partial charge in [-0.05, 0) is 56.3 Å². The number of rotatable bonds is 9. The lowest BCUT2D eigenvalue weighted by Gasteiger charge is -2.31. The Labute approximate surface area is 225 Å². The Hall–Kier alpha value is -2.49. The van der Waals surface area contributed by atoms with Crippen molar-refractivity contribution in [2.45, 2.75) is 56.6 Å². The highest BCUT2D eigenvalue weighted by molar-refractivity contribution is 7.89. The number of alkyl halides is 3. The van der Waals surface area contributed by atoms with Gasteiger partial charge in [-0.25, -0.2) is 13.2 Å². The monoisotopic (exact) mass is 583 g/mol. The van der Waals surface area contributed by atoms with Crippen LogP contribution in [0.1, 0.15) is 45.4 Å². The minimum atomic E-state index is -5.08. The average molecular weight is 584 g/mol. The van der Waals surface area contributed by atoms with Gasteiger partial charge in [0.2, 0.25) is 10.0 Å². The van der Waals surface area contributed by atoms with Crippen LogP contribution in [0, 0.1) is 0 Å². The van der Waals surface area contributed by atoms with Crippen molar-refractivity contribution < 1.29 is 31.5 Å². The van der Waals surface area contributed by atoms with Crippen LogP contribution in [0.5, 0.6) is 0 Å². The van der Waals surface area contributed by atoms with E-state index in [0.717, 1.165) is 19.6 Å². The Balaban J connectivity index is 0.000000638. The van der Waals surface area contributed by atoms with Crippen molar-refractivity contribution >= 4 is 33.3 Å². The number of hydrogen-bond acceptors (Lipinski definition) is 8. The molecule has 1 aliphatic heterocycles. The molecule has 3 rings (SSSR count). The highest BCUT2D eigenvalue weighted by Crippen LogP contribution is 2.33. The molecule has 0 aliphatic carbocycles. The van der Waals surface area contributed by atoms with Crippen LogP contribution in [0.2, 0.25) is 5.02 Å². The molecule has 2 aromatic rings. The number of aromatic nitrogens is 4. The first-order valence-corrected chi connectivity index (χ1v) is 13.8. The maximum Gasteiger partial charge on any atom is 0.490 e. The number of carbonyl (C=O) groups is 1. The van der Waals surface area contributed by atoms with Crippen LogP contribution in [0.3, 0.4) is 0 Å². The summed E-state index contributed by atoms with van der Waals surface area (Å²) in [4.78, 5) is 12.9. The van der Waals surface area contributed by atoms with Gasteiger partial charge in [-0.15, -0.1) is 10.2 Å². The maximum absolute atomic E-state index is 13.5. The zero-order valence-corrected chi connectivity index (χ0v) is 23.2. The van der Waals surface area contributed by atoms with Crippen molar-refractivity contribution in [1.29, 1.82) is 0 Å². The molecule has 1 atom stereocenters. The Bertz CT molecular complexity index is 1170. The molecule has 1 aliphatic rings. The van der Waals surface area contributed by atoms with E-state index in [1.165, 1.54) is 9.10 Å². The lowest BCUT2D eigenvalue weighted by molar-refractivity contribution is -0.192. The number of tetrazole rings is 1. The van der Waals surface area contributed by atoms with Gasteiger partial charge < -0.3 is 15.3 Å². The molecule has 1 unspecified atom stereocenters. The van der Waals surface area contributed by atoms with Gasteiger partial charge in [-0.1, -0.05) is 25.4 Å². The van der Waals surface area contributed by atoms with Gasteiger partial charge in [0.1, 0.15) is 4.90 Å². The predicted octanol–water partition coefficient (Wildman–Crippen LogP) is 3.21. The second-order valence-corrected chi connectivity index (χ2v) is 11.1. The second-order valence-electron chi connectivity index (χ2n) is 8.79. The number of likely N-dealkylation sites (N-methyl/N-ethyl adjacent to an activating group) is 1. The number of sulfonamides is 1. The fraction of sp³-hybridized carbons (Fsp3) is 0.636. The van der Waals surface area contributed by atoms with Crippen LogP contribution in [-0.4, -0.2) is 93.8 Å². The average Bonchev–Trinajstić information content (AvgIpc) is 3.29. The van der Waals surface area contributed by atoms with Gasteiger partial charge in [0, 0.05) is 36.6 Å². The molecule has 16 heteroatoms. The van der Waals surface area contributed by atoms with Crippen LogP contribution >= 0.6 is 11.6 Å². The van der Waals surface area contributed by atoms with E-state index in [1.807, 2.05) is 0 Å². The molecule has 2 heterocycles. The minimum absolute atomic E-state index is 0.0866. The van der Waals surface area contributed by atoms with Gasteiger partial charge in [0.05, 0.1) is 12.7 Å². The highest BCUT2D eigenvalue weighted by atomic mass is 35.5. The molecule has 1 aromatic carbocycles. The first-order chi connectivity index (χ1) is 17.7. The van der Waals surface area contributed by atoms with Gasteiger partial charge in [0.15, 0.2) is 5.82 Å². The topological polar surface area (TPSA) is 134 Å². The summed E-state index contributed by atoms with van der Waals surface area (Å²) in [5.74, 6) is -1.96. The Morgan fingerprint density at radius 3 is 2.32 bits per heavy atom. The third-order valence-electron chi connectivity index (χ3n) is 5.98. The number of anilines is 1. The van der Waals surface area contributed by atoms with Crippen LogP contribution in [0.4, 0.5) is 18.9 Å². The second kappa shape index (κ2) is 13.5. The lowest BCUT2D eigenvalue weighted by Crippen LogP contribution is -2.39. The number of piperidine rings is 1. The van der Waals surface area contributed by atoms with Crippen LogP contribution in [0.25, 0.3) is 0 Å². The van der Waals surface area contributed by atoms with Crippen LogP contribution in [0.15, 0.2) is 23.1 Å². The van der Waals surface area contributed by atoms with Crippen LogP contribution in [-0.2, 0) is 21.9 Å². The van der Waals surface area contributed by atoms with E-state index in [1.54, 1.807) is 25.2 Å². The Morgan fingerprint density at radius 1 is 1.26 bits per heavy atom. The molecule has 38 heavy (non-hydrogen) atoms. The zero-order chi connectivity index (χ0) is 28.7. The molecule has 0 radical (unpaired) electrons. The van der Waals surface area contributed by atoms with Crippen molar-refractivity contribution in [3.05, 3.63) is 29.0 Å². The number of nitrogens with one attached hydrogen (secondary N) is 1. The number of benzene rings is 1. The molecular weight excluding hydrogens is 551 g/mol. The third-order valence-corrected chi connectivity index (χ3v) is 8.15. The molecule has 11 nitrogen and oxygen atoms in total. The molecule has 1 saturated heterocycles. The van der Waals surface area contributed by atoms with Crippen molar-refractivity contribution in [2.24, 2.45) is 7.05 Å². The number of nitrogens with zero attached hydrogens (tertiary/aromatic N) is 6. The number of carboxylic acids is 1. The molecule has 1 fully saturated rings. The van der Waals surface area contributed by atoms with E-state index in [2.05, 4.69) is 46.4 Å². The fourth-order valence-electron chi connectivity index (χ4n) is 3.96. The first kappa shape index (κ1) is 31.7. The summed E-state index contributed by atoms with van der Waals surface area (Å²) in [5.41, 5.74) is 0.585. The molecule has 0 bridgehead atoms. The van der Waals surface area contributed by atoms with Crippen molar-refractivity contribution in [2.75, 3.05) is 38.0 Å². The van der Waals surface area contributed by atoms with E-state index in [0.29, 0.717) is 42.5 Å². The van der Waals surface area contributed by atoms with Crippen molar-refractivity contribution in [3.63, 3.8) is 0 Å². The summed E-state index contributed by atoms with van der Waals surface area (Å²) in [5, 5.41) is 23.1. The van der Waals surface area contributed by atoms with E-state index in [9.17, 15) is 21.6 Å². The standard InChI is InChI=1S/C20H32ClN7O2S.C2HF3O2/c1-5-27(6-2)14-15(3)22-18-8-7-17(21)13-19(18)31(29,30)28-11-9-16(10-12-28)20-23-25-26(4)24-20;3-2(4,5)1(6)7/h7-8,13,15-16,22H,5-6,9-12,14H2,1-4H3;(H,6,7). The fourth-order valence-corrected chi connectivity index (χ4v) is 5.85. The smallest absolute Gasteiger partial charge is 0.475 e. The van der Waals surface area contributed by atoms with Crippen molar-refractivity contribution in [3.8, 4) is 0 Å². The summed E-state index contributed by atoms with van der Waals surface area (Å²) in [6.07, 6.45) is -3.76. The molecule has 214 valence electrons. The summed E-state index contributed by atoms with van der Waals surface area (Å²) in [7, 11) is -1.96. The minimum Gasteiger partial charge on any atom is -0.475 e. The third kappa shape index (κ3) is 8.78. The summed E-state index contributed by atoms with van der Waals surface area (Å²) in [6.45, 7) is 9.84. The number of aryl methyl sites for hydroxylation is 1.